The Bertz CT molecular complexity index is 337. The zero-order valence-electron chi connectivity index (χ0n) is 9.12. The van der Waals surface area contributed by atoms with E-state index in [2.05, 4.69) is 10.3 Å². The molecule has 0 saturated heterocycles. The maximum atomic E-state index is 9.98. The number of nitrogens with one attached hydrogen (secondary N) is 1. The van der Waals surface area contributed by atoms with Crippen molar-refractivity contribution in [2.45, 2.75) is 20.8 Å². The maximum absolute atomic E-state index is 9.98. The molecule has 0 atom stereocenters. The third-order valence-electron chi connectivity index (χ3n) is 1.56. The molecule has 0 aliphatic heterocycles. The number of carbonyl (C=O) groups excluding carboxylic acids is 1. The van der Waals surface area contributed by atoms with Crippen molar-refractivity contribution in [1.29, 1.82) is 0 Å². The Balaban J connectivity index is 0.000000921. The lowest BCUT2D eigenvalue weighted by Gasteiger charge is -2.04. The van der Waals surface area contributed by atoms with Crippen LogP contribution >= 0.6 is 11.6 Å². The largest absolute Gasteiger partial charge is 0.361 e. The fourth-order valence-corrected chi connectivity index (χ4v) is 1.00. The van der Waals surface area contributed by atoms with E-state index in [0.717, 1.165) is 11.3 Å². The number of pyridine rings is 1. The first-order valence-electron chi connectivity index (χ1n) is 4.73. The number of allylic oxidation sites excluding steroid dienone is 1. The van der Waals surface area contributed by atoms with Gasteiger partial charge in [-0.25, -0.2) is 4.98 Å². The topological polar surface area (TPSA) is 42.0 Å². The third-order valence-corrected chi connectivity index (χ3v) is 1.94. The summed E-state index contributed by atoms with van der Waals surface area (Å²) in [7, 11) is 0. The molecule has 1 aromatic rings. The summed E-state index contributed by atoms with van der Waals surface area (Å²) in [6.45, 7) is 5.85. The molecular weight excluding hydrogens is 212 g/mol. The molecule has 1 rings (SSSR count). The van der Waals surface area contributed by atoms with E-state index in [1.54, 1.807) is 18.5 Å². The van der Waals surface area contributed by atoms with Crippen molar-refractivity contribution < 1.29 is 4.79 Å². The van der Waals surface area contributed by atoms with Crippen LogP contribution < -0.4 is 5.32 Å². The highest BCUT2D eigenvalue weighted by Gasteiger charge is 1.99. The van der Waals surface area contributed by atoms with Crippen LogP contribution in [0, 0.1) is 6.92 Å². The number of rotatable bonds is 3. The molecule has 3 nitrogen and oxygen atoms in total. The van der Waals surface area contributed by atoms with E-state index < -0.39 is 0 Å². The van der Waals surface area contributed by atoms with Gasteiger partial charge >= 0.3 is 0 Å². The Morgan fingerprint density at radius 2 is 2.13 bits per heavy atom. The van der Waals surface area contributed by atoms with Gasteiger partial charge in [0.2, 0.25) is 0 Å². The second kappa shape index (κ2) is 8.00. The quantitative estimate of drug-likeness (QED) is 0.489. The van der Waals surface area contributed by atoms with Gasteiger partial charge in [-0.1, -0.05) is 25.4 Å². The summed E-state index contributed by atoms with van der Waals surface area (Å²) in [5, 5.41) is 3.38. The lowest BCUT2D eigenvalue weighted by molar-refractivity contribution is -0.104. The second-order valence-corrected chi connectivity index (χ2v) is 2.77. The van der Waals surface area contributed by atoms with Gasteiger partial charge in [-0.15, -0.1) is 0 Å². The van der Waals surface area contributed by atoms with Gasteiger partial charge < -0.3 is 5.32 Å². The molecule has 82 valence electrons. The molecule has 0 bridgehead atoms. The lowest BCUT2D eigenvalue weighted by atomic mass is 10.2. The van der Waals surface area contributed by atoms with Gasteiger partial charge in [0, 0.05) is 23.6 Å². The van der Waals surface area contributed by atoms with Crippen molar-refractivity contribution in [2.24, 2.45) is 0 Å². The normalized spacial score (nSPS) is 9.33. The number of carbonyl (C=O) groups is 1. The number of aromatic nitrogens is 1. The predicted octanol–water partition coefficient (Wildman–Crippen LogP) is 3.19. The monoisotopic (exact) mass is 226 g/mol. The average Bonchev–Trinajstić information content (AvgIpc) is 2.27. The van der Waals surface area contributed by atoms with E-state index in [1.165, 1.54) is 6.08 Å². The van der Waals surface area contributed by atoms with Crippen molar-refractivity contribution in [3.8, 4) is 0 Å². The fraction of sp³-hybridized carbons (Fsp3) is 0.273. The summed E-state index contributed by atoms with van der Waals surface area (Å²) in [5.74, 6) is 0. The van der Waals surface area contributed by atoms with Crippen LogP contribution in [0.5, 0.6) is 0 Å². The molecule has 0 aliphatic carbocycles. The molecule has 0 aromatic carbocycles. The molecule has 0 saturated carbocycles. The van der Waals surface area contributed by atoms with Crippen molar-refractivity contribution in [3.63, 3.8) is 0 Å². The fourth-order valence-electron chi connectivity index (χ4n) is 0.844. The van der Waals surface area contributed by atoms with Gasteiger partial charge in [0.15, 0.2) is 0 Å². The molecule has 0 amide bonds. The first-order chi connectivity index (χ1) is 7.25. The SMILES string of the molecule is CC.Cc1c(N/C=C\C=O)ccnc1Cl. The van der Waals surface area contributed by atoms with E-state index in [-0.39, 0.29) is 0 Å². The maximum Gasteiger partial charge on any atom is 0.144 e. The number of nitrogens with zero attached hydrogens (tertiary/aromatic N) is 1. The van der Waals surface area contributed by atoms with Crippen LogP contribution in [-0.4, -0.2) is 11.3 Å². The minimum Gasteiger partial charge on any atom is -0.361 e. The van der Waals surface area contributed by atoms with E-state index >= 15 is 0 Å². The lowest BCUT2D eigenvalue weighted by Crippen LogP contribution is -1.92. The van der Waals surface area contributed by atoms with Gasteiger partial charge in [0.1, 0.15) is 11.4 Å². The highest BCUT2D eigenvalue weighted by atomic mass is 35.5. The van der Waals surface area contributed by atoms with Crippen molar-refractivity contribution in [1.82, 2.24) is 4.98 Å². The molecule has 0 unspecified atom stereocenters. The first-order valence-corrected chi connectivity index (χ1v) is 5.11. The molecule has 15 heavy (non-hydrogen) atoms. The van der Waals surface area contributed by atoms with Gasteiger partial charge in [0.05, 0.1) is 0 Å². The van der Waals surface area contributed by atoms with Crippen LogP contribution in [0.4, 0.5) is 5.69 Å². The Morgan fingerprint density at radius 3 is 2.73 bits per heavy atom. The Hall–Kier alpha value is -1.35. The van der Waals surface area contributed by atoms with Crippen molar-refractivity contribution in [2.75, 3.05) is 5.32 Å². The molecule has 0 aliphatic rings. The number of hydrogen-bond acceptors (Lipinski definition) is 3. The summed E-state index contributed by atoms with van der Waals surface area (Å²) < 4.78 is 0. The second-order valence-electron chi connectivity index (χ2n) is 2.41. The van der Waals surface area contributed by atoms with Gasteiger partial charge in [-0.3, -0.25) is 4.79 Å². The standard InChI is InChI=1S/C9H9ClN2O.C2H6/c1-7-8(11-4-2-6-13)3-5-12-9(7)10;1-2/h2-6H,1H3,(H,11,12);1-2H3/b4-2-;. The molecule has 0 spiro atoms. The van der Waals surface area contributed by atoms with Crippen molar-refractivity contribution >= 4 is 23.6 Å². The predicted molar refractivity (Wildman–Crippen MR) is 64.2 cm³/mol. The summed E-state index contributed by atoms with van der Waals surface area (Å²) >= 11 is 5.78. The smallest absolute Gasteiger partial charge is 0.144 e. The Kier molecular flexibility index (Phi) is 7.28. The number of aldehydes is 1. The minimum atomic E-state index is 0.463. The van der Waals surface area contributed by atoms with Crippen LogP contribution in [0.3, 0.4) is 0 Å². The van der Waals surface area contributed by atoms with Gasteiger partial charge in [0.25, 0.3) is 0 Å². The van der Waals surface area contributed by atoms with Crippen molar-refractivity contribution in [3.05, 3.63) is 35.3 Å². The number of hydrogen-bond donors (Lipinski definition) is 1. The molecule has 1 heterocycles. The highest BCUT2D eigenvalue weighted by Crippen LogP contribution is 2.20. The van der Waals surface area contributed by atoms with Crippen LogP contribution in [-0.2, 0) is 4.79 Å². The number of halogens is 1. The van der Waals surface area contributed by atoms with E-state index in [0.29, 0.717) is 11.4 Å². The van der Waals surface area contributed by atoms with Crippen LogP contribution in [0.1, 0.15) is 19.4 Å². The average molecular weight is 227 g/mol. The van der Waals surface area contributed by atoms with E-state index in [4.69, 9.17) is 11.6 Å². The Labute approximate surface area is 95.2 Å². The summed E-state index contributed by atoms with van der Waals surface area (Å²) in [6.07, 6.45) is 5.22. The zero-order chi connectivity index (χ0) is 11.7. The minimum absolute atomic E-state index is 0.463. The molecule has 1 N–H and O–H groups in total. The summed E-state index contributed by atoms with van der Waals surface area (Å²) in [5.41, 5.74) is 1.71. The molecule has 0 radical (unpaired) electrons. The molecular formula is C11H15ClN2O. The van der Waals surface area contributed by atoms with Crippen LogP contribution in [0.25, 0.3) is 0 Å². The van der Waals surface area contributed by atoms with Crippen LogP contribution in [0.15, 0.2) is 24.5 Å². The van der Waals surface area contributed by atoms with Gasteiger partial charge in [-0.2, -0.15) is 0 Å². The van der Waals surface area contributed by atoms with Gasteiger partial charge in [-0.05, 0) is 19.1 Å². The summed E-state index contributed by atoms with van der Waals surface area (Å²) in [4.78, 5) is 13.9. The summed E-state index contributed by atoms with van der Waals surface area (Å²) in [6, 6.07) is 1.79. The first kappa shape index (κ1) is 13.7. The molecule has 4 heteroatoms. The molecule has 1 aromatic heterocycles. The van der Waals surface area contributed by atoms with E-state index in [1.807, 2.05) is 20.8 Å². The van der Waals surface area contributed by atoms with Crippen LogP contribution in [0.2, 0.25) is 5.15 Å². The Morgan fingerprint density at radius 1 is 1.47 bits per heavy atom. The number of anilines is 1. The highest BCUT2D eigenvalue weighted by molar-refractivity contribution is 6.30. The molecule has 0 fully saturated rings. The van der Waals surface area contributed by atoms with E-state index in [9.17, 15) is 4.79 Å². The zero-order valence-corrected chi connectivity index (χ0v) is 9.88. The third kappa shape index (κ3) is 4.61.